The molecule has 1 aliphatic heterocycles. The number of aliphatic hydroxyl groups excluding tert-OH is 1. The summed E-state index contributed by atoms with van der Waals surface area (Å²) in [6, 6.07) is 1.13. The average Bonchev–Trinajstić information content (AvgIpc) is 2.90. The van der Waals surface area contributed by atoms with Gasteiger partial charge in [0.25, 0.3) is 5.91 Å². The van der Waals surface area contributed by atoms with E-state index in [0.717, 1.165) is 18.9 Å². The van der Waals surface area contributed by atoms with Crippen LogP contribution in [0.3, 0.4) is 0 Å². The van der Waals surface area contributed by atoms with Crippen LogP contribution >= 0.6 is 0 Å². The molecule has 1 heterocycles. The number of rotatable bonds is 4. The van der Waals surface area contributed by atoms with Crippen LogP contribution < -0.4 is 0 Å². The summed E-state index contributed by atoms with van der Waals surface area (Å²) in [5.74, 6) is -2.31. The summed E-state index contributed by atoms with van der Waals surface area (Å²) in [5, 5.41) is 9.09. The summed E-state index contributed by atoms with van der Waals surface area (Å²) < 4.78 is 32.9. The maximum absolute atomic E-state index is 14.3. The van der Waals surface area contributed by atoms with Crippen molar-refractivity contribution in [3.05, 3.63) is 34.4 Å². The summed E-state index contributed by atoms with van der Waals surface area (Å²) >= 11 is 0. The SMILES string of the molecule is COC(=O)[C@H]1CC[C@H](CN2Cc3cc(F)c(CO)c(F)c3C2=O)CC1. The number of esters is 1. The van der Waals surface area contributed by atoms with Gasteiger partial charge in [-0.2, -0.15) is 0 Å². The van der Waals surface area contributed by atoms with Crippen molar-refractivity contribution >= 4 is 11.9 Å². The summed E-state index contributed by atoms with van der Waals surface area (Å²) in [6.07, 6.45) is 3.01. The predicted octanol–water partition coefficient (Wildman–Crippen LogP) is 2.39. The van der Waals surface area contributed by atoms with Crippen LogP contribution in [0.1, 0.15) is 47.2 Å². The van der Waals surface area contributed by atoms with E-state index in [4.69, 9.17) is 9.84 Å². The number of hydrogen-bond acceptors (Lipinski definition) is 4. The second-order valence-corrected chi connectivity index (χ2v) is 6.77. The summed E-state index contributed by atoms with van der Waals surface area (Å²) in [5.41, 5.74) is -0.276. The van der Waals surface area contributed by atoms with E-state index in [1.54, 1.807) is 0 Å². The highest BCUT2D eigenvalue weighted by Gasteiger charge is 2.35. The molecule has 0 aromatic heterocycles. The van der Waals surface area contributed by atoms with Gasteiger partial charge in [0, 0.05) is 18.7 Å². The second-order valence-electron chi connectivity index (χ2n) is 6.77. The van der Waals surface area contributed by atoms with Gasteiger partial charge in [0.15, 0.2) is 0 Å². The lowest BCUT2D eigenvalue weighted by Crippen LogP contribution is -2.33. The van der Waals surface area contributed by atoms with Crippen molar-refractivity contribution in [3.63, 3.8) is 0 Å². The Kier molecular flexibility index (Phi) is 5.03. The summed E-state index contributed by atoms with van der Waals surface area (Å²) in [4.78, 5) is 25.6. The number of carbonyl (C=O) groups is 2. The van der Waals surface area contributed by atoms with Crippen molar-refractivity contribution in [2.45, 2.75) is 38.8 Å². The Morgan fingerprint density at radius 3 is 2.60 bits per heavy atom. The molecule has 0 saturated heterocycles. The van der Waals surface area contributed by atoms with E-state index in [9.17, 15) is 18.4 Å². The quantitative estimate of drug-likeness (QED) is 0.844. The molecule has 0 spiro atoms. The van der Waals surface area contributed by atoms with E-state index in [-0.39, 0.29) is 29.9 Å². The lowest BCUT2D eigenvalue weighted by molar-refractivity contribution is -0.146. The Morgan fingerprint density at radius 1 is 1.32 bits per heavy atom. The fourth-order valence-corrected chi connectivity index (χ4v) is 3.85. The van der Waals surface area contributed by atoms with E-state index in [1.807, 2.05) is 0 Å². The number of halogens is 2. The van der Waals surface area contributed by atoms with Gasteiger partial charge < -0.3 is 14.7 Å². The molecule has 1 fully saturated rings. The molecule has 25 heavy (non-hydrogen) atoms. The fraction of sp³-hybridized carbons (Fsp3) is 0.556. The molecule has 1 aliphatic carbocycles. The standard InChI is InChI=1S/C18H21F2NO4/c1-25-18(24)11-4-2-10(3-5-11)7-21-8-12-6-14(19)13(9-22)16(20)15(12)17(21)23/h6,10-11,22H,2-5,7-9H2,1H3/t10-,11-. The monoisotopic (exact) mass is 353 g/mol. The van der Waals surface area contributed by atoms with Gasteiger partial charge in [-0.1, -0.05) is 0 Å². The van der Waals surface area contributed by atoms with Gasteiger partial charge in [-0.25, -0.2) is 8.78 Å². The molecule has 0 bridgehead atoms. The second kappa shape index (κ2) is 7.07. The third-order valence-electron chi connectivity index (χ3n) is 5.28. The molecule has 1 amide bonds. The van der Waals surface area contributed by atoms with Gasteiger partial charge in [-0.3, -0.25) is 9.59 Å². The Morgan fingerprint density at radius 2 is 2.00 bits per heavy atom. The van der Waals surface area contributed by atoms with Crippen LogP contribution in [0.25, 0.3) is 0 Å². The van der Waals surface area contributed by atoms with Gasteiger partial charge in [0.05, 0.1) is 25.2 Å². The van der Waals surface area contributed by atoms with Crippen LogP contribution in [-0.2, 0) is 22.7 Å². The van der Waals surface area contributed by atoms with E-state index in [2.05, 4.69) is 0 Å². The molecule has 3 rings (SSSR count). The Hall–Kier alpha value is -2.02. The topological polar surface area (TPSA) is 66.8 Å². The molecule has 1 saturated carbocycles. The summed E-state index contributed by atoms with van der Waals surface area (Å²) in [6.45, 7) is -0.155. The normalized spacial score (nSPS) is 22.9. The number of benzene rings is 1. The number of methoxy groups -OCH3 is 1. The number of nitrogens with zero attached hydrogens (tertiary/aromatic N) is 1. The third-order valence-corrected chi connectivity index (χ3v) is 5.28. The summed E-state index contributed by atoms with van der Waals surface area (Å²) in [7, 11) is 1.38. The number of fused-ring (bicyclic) bond motifs is 1. The Labute approximate surface area is 144 Å². The Bertz CT molecular complexity index is 699. The number of hydrogen-bond donors (Lipinski definition) is 1. The highest BCUT2D eigenvalue weighted by atomic mass is 19.1. The smallest absolute Gasteiger partial charge is 0.308 e. The third kappa shape index (κ3) is 3.25. The highest BCUT2D eigenvalue weighted by Crippen LogP contribution is 2.34. The zero-order valence-corrected chi connectivity index (χ0v) is 14.1. The van der Waals surface area contributed by atoms with Crippen LogP contribution in [0.2, 0.25) is 0 Å². The van der Waals surface area contributed by atoms with Crippen molar-refractivity contribution in [1.82, 2.24) is 4.90 Å². The van der Waals surface area contributed by atoms with Crippen molar-refractivity contribution in [3.8, 4) is 0 Å². The van der Waals surface area contributed by atoms with Gasteiger partial charge in [-0.05, 0) is 43.2 Å². The first-order chi connectivity index (χ1) is 12.0. The lowest BCUT2D eigenvalue weighted by Gasteiger charge is -2.30. The van der Waals surface area contributed by atoms with E-state index in [0.29, 0.717) is 24.9 Å². The molecule has 0 atom stereocenters. The van der Waals surface area contributed by atoms with Gasteiger partial charge >= 0.3 is 5.97 Å². The van der Waals surface area contributed by atoms with Crippen LogP contribution in [0, 0.1) is 23.5 Å². The van der Waals surface area contributed by atoms with Crippen LogP contribution in [0.4, 0.5) is 8.78 Å². The maximum atomic E-state index is 14.3. The molecule has 1 aromatic carbocycles. The molecule has 2 aliphatic rings. The minimum atomic E-state index is -0.959. The van der Waals surface area contributed by atoms with E-state index >= 15 is 0 Å². The molecule has 136 valence electrons. The molecule has 7 heteroatoms. The number of ether oxygens (including phenoxy) is 1. The highest BCUT2D eigenvalue weighted by molar-refractivity contribution is 5.98. The number of amides is 1. The average molecular weight is 353 g/mol. The van der Waals surface area contributed by atoms with Crippen LogP contribution in [-0.4, -0.2) is 35.5 Å². The molecule has 0 unspecified atom stereocenters. The van der Waals surface area contributed by atoms with Crippen molar-refractivity contribution in [1.29, 1.82) is 0 Å². The van der Waals surface area contributed by atoms with Crippen LogP contribution in [0.15, 0.2) is 6.07 Å². The zero-order chi connectivity index (χ0) is 18.1. The van der Waals surface area contributed by atoms with Crippen molar-refractivity contribution in [2.24, 2.45) is 11.8 Å². The van der Waals surface area contributed by atoms with E-state index < -0.39 is 29.7 Å². The van der Waals surface area contributed by atoms with Crippen molar-refractivity contribution < 1.29 is 28.2 Å². The number of aliphatic hydroxyl groups is 1. The molecular formula is C18H21F2NO4. The lowest BCUT2D eigenvalue weighted by atomic mass is 9.82. The number of carbonyl (C=O) groups excluding carboxylic acids is 2. The van der Waals surface area contributed by atoms with E-state index in [1.165, 1.54) is 12.0 Å². The van der Waals surface area contributed by atoms with Gasteiger partial charge in [0.2, 0.25) is 0 Å². The molecule has 1 aromatic rings. The predicted molar refractivity (Wildman–Crippen MR) is 84.5 cm³/mol. The molecular weight excluding hydrogens is 332 g/mol. The largest absolute Gasteiger partial charge is 0.469 e. The minimum absolute atomic E-state index is 0.0913. The maximum Gasteiger partial charge on any atom is 0.308 e. The van der Waals surface area contributed by atoms with Gasteiger partial charge in [0.1, 0.15) is 11.6 Å². The first-order valence-electron chi connectivity index (χ1n) is 8.44. The van der Waals surface area contributed by atoms with Crippen LogP contribution in [0.5, 0.6) is 0 Å². The minimum Gasteiger partial charge on any atom is -0.469 e. The molecule has 1 N–H and O–H groups in total. The molecule has 5 nitrogen and oxygen atoms in total. The fourth-order valence-electron chi connectivity index (χ4n) is 3.85. The van der Waals surface area contributed by atoms with Crippen molar-refractivity contribution in [2.75, 3.05) is 13.7 Å². The first-order valence-corrected chi connectivity index (χ1v) is 8.44. The Balaban J connectivity index is 1.67. The zero-order valence-electron chi connectivity index (χ0n) is 14.1. The first kappa shape index (κ1) is 17.8. The molecule has 0 radical (unpaired) electrons. The van der Waals surface area contributed by atoms with Gasteiger partial charge in [-0.15, -0.1) is 0 Å².